The van der Waals surface area contributed by atoms with Crippen LogP contribution >= 0.6 is 34.8 Å². The van der Waals surface area contributed by atoms with Crippen molar-refractivity contribution in [1.29, 1.82) is 0 Å². The predicted octanol–water partition coefficient (Wildman–Crippen LogP) is 4.91. The van der Waals surface area contributed by atoms with Crippen molar-refractivity contribution in [3.63, 3.8) is 0 Å². The number of ether oxygens (including phenoxy) is 1. The van der Waals surface area contributed by atoms with Crippen LogP contribution in [-0.2, 0) is 0 Å². The lowest BCUT2D eigenvalue weighted by Crippen LogP contribution is -2.12. The highest BCUT2D eigenvalue weighted by molar-refractivity contribution is 6.35. The molecule has 0 saturated carbocycles. The predicted molar refractivity (Wildman–Crippen MR) is 77.7 cm³/mol. The Morgan fingerprint density at radius 1 is 1.00 bits per heavy atom. The SMILES string of the molecule is O=C(COc1ccc(Cl)cc1Cl)c1ccccc1Cl. The summed E-state index contributed by atoms with van der Waals surface area (Å²) in [4.78, 5) is 11.9. The Morgan fingerprint density at radius 3 is 2.42 bits per heavy atom. The monoisotopic (exact) mass is 314 g/mol. The van der Waals surface area contributed by atoms with Gasteiger partial charge in [-0.1, -0.05) is 46.9 Å². The van der Waals surface area contributed by atoms with E-state index in [2.05, 4.69) is 0 Å². The lowest BCUT2D eigenvalue weighted by Gasteiger charge is -2.08. The van der Waals surface area contributed by atoms with Crippen LogP contribution in [0.5, 0.6) is 5.75 Å². The molecule has 0 aliphatic carbocycles. The molecule has 19 heavy (non-hydrogen) atoms. The normalized spacial score (nSPS) is 10.3. The van der Waals surface area contributed by atoms with Gasteiger partial charge in [0.2, 0.25) is 5.78 Å². The molecule has 98 valence electrons. The Labute approximate surface area is 125 Å². The van der Waals surface area contributed by atoms with Crippen molar-refractivity contribution in [3.8, 4) is 5.75 Å². The van der Waals surface area contributed by atoms with Crippen molar-refractivity contribution in [2.75, 3.05) is 6.61 Å². The second kappa shape index (κ2) is 6.29. The highest BCUT2D eigenvalue weighted by Crippen LogP contribution is 2.27. The molecule has 0 atom stereocenters. The van der Waals surface area contributed by atoms with Crippen LogP contribution in [0, 0.1) is 0 Å². The minimum absolute atomic E-state index is 0.134. The minimum Gasteiger partial charge on any atom is -0.484 e. The highest BCUT2D eigenvalue weighted by Gasteiger charge is 2.11. The quantitative estimate of drug-likeness (QED) is 0.749. The summed E-state index contributed by atoms with van der Waals surface area (Å²) < 4.78 is 5.36. The smallest absolute Gasteiger partial charge is 0.201 e. The van der Waals surface area contributed by atoms with Gasteiger partial charge in [-0.3, -0.25) is 4.79 Å². The molecule has 0 N–H and O–H groups in total. The number of ketones is 1. The maximum Gasteiger partial charge on any atom is 0.201 e. The van der Waals surface area contributed by atoms with Gasteiger partial charge in [0.1, 0.15) is 5.75 Å². The van der Waals surface area contributed by atoms with E-state index in [1.165, 1.54) is 0 Å². The van der Waals surface area contributed by atoms with E-state index < -0.39 is 0 Å². The summed E-state index contributed by atoms with van der Waals surface area (Å²) in [5, 5.41) is 1.27. The van der Waals surface area contributed by atoms with Gasteiger partial charge in [-0.05, 0) is 30.3 Å². The second-order valence-corrected chi connectivity index (χ2v) is 5.02. The maximum absolute atomic E-state index is 11.9. The first-order chi connectivity index (χ1) is 9.08. The van der Waals surface area contributed by atoms with E-state index in [-0.39, 0.29) is 12.4 Å². The number of carbonyl (C=O) groups excluding carboxylic acids is 1. The van der Waals surface area contributed by atoms with Crippen LogP contribution in [0.1, 0.15) is 10.4 Å². The van der Waals surface area contributed by atoms with Gasteiger partial charge in [0, 0.05) is 10.6 Å². The number of halogens is 3. The summed E-state index contributed by atoms with van der Waals surface area (Å²) in [6.07, 6.45) is 0. The topological polar surface area (TPSA) is 26.3 Å². The molecule has 2 rings (SSSR count). The van der Waals surface area contributed by atoms with Gasteiger partial charge in [-0.2, -0.15) is 0 Å². The zero-order valence-electron chi connectivity index (χ0n) is 9.70. The third-order valence-corrected chi connectivity index (χ3v) is 3.29. The molecule has 0 unspecified atom stereocenters. The van der Waals surface area contributed by atoms with Gasteiger partial charge in [0.15, 0.2) is 6.61 Å². The van der Waals surface area contributed by atoms with Crippen LogP contribution in [-0.4, -0.2) is 12.4 Å². The summed E-state index contributed by atoms with van der Waals surface area (Å²) in [5.74, 6) is 0.197. The zero-order chi connectivity index (χ0) is 13.8. The van der Waals surface area contributed by atoms with Crippen molar-refractivity contribution in [2.45, 2.75) is 0 Å². The lowest BCUT2D eigenvalue weighted by atomic mass is 10.1. The van der Waals surface area contributed by atoms with Crippen molar-refractivity contribution in [1.82, 2.24) is 0 Å². The van der Waals surface area contributed by atoms with E-state index in [1.807, 2.05) is 0 Å². The van der Waals surface area contributed by atoms with E-state index >= 15 is 0 Å². The number of carbonyl (C=O) groups is 1. The third kappa shape index (κ3) is 3.63. The molecular weight excluding hydrogens is 307 g/mol. The van der Waals surface area contributed by atoms with Crippen molar-refractivity contribution >= 4 is 40.6 Å². The third-order valence-electron chi connectivity index (χ3n) is 2.43. The van der Waals surface area contributed by atoms with Gasteiger partial charge >= 0.3 is 0 Å². The van der Waals surface area contributed by atoms with Crippen molar-refractivity contribution in [3.05, 3.63) is 63.1 Å². The highest BCUT2D eigenvalue weighted by atomic mass is 35.5. The fourth-order valence-electron chi connectivity index (χ4n) is 1.50. The molecule has 2 aromatic rings. The number of hydrogen-bond donors (Lipinski definition) is 0. The number of rotatable bonds is 4. The van der Waals surface area contributed by atoms with Gasteiger partial charge in [0.25, 0.3) is 0 Å². The molecule has 0 heterocycles. The van der Waals surface area contributed by atoms with Crippen LogP contribution in [0.25, 0.3) is 0 Å². The van der Waals surface area contributed by atoms with E-state index in [0.29, 0.717) is 26.4 Å². The first kappa shape index (κ1) is 14.2. The molecule has 0 bridgehead atoms. The molecule has 0 aromatic heterocycles. The van der Waals surface area contributed by atoms with Crippen LogP contribution in [0.3, 0.4) is 0 Å². The molecule has 0 aliphatic rings. The standard InChI is InChI=1S/C14H9Cl3O2/c15-9-5-6-14(12(17)7-9)19-8-13(18)10-3-1-2-4-11(10)16/h1-7H,8H2. The van der Waals surface area contributed by atoms with Crippen LogP contribution in [0.2, 0.25) is 15.1 Å². The number of hydrogen-bond acceptors (Lipinski definition) is 2. The fraction of sp³-hybridized carbons (Fsp3) is 0.0714. The van der Waals surface area contributed by atoms with Crippen LogP contribution < -0.4 is 4.74 Å². The first-order valence-corrected chi connectivity index (χ1v) is 6.57. The fourth-order valence-corrected chi connectivity index (χ4v) is 2.20. The van der Waals surface area contributed by atoms with Gasteiger partial charge in [-0.15, -0.1) is 0 Å². The Kier molecular flexibility index (Phi) is 4.70. The van der Waals surface area contributed by atoms with Crippen molar-refractivity contribution in [2.24, 2.45) is 0 Å². The van der Waals surface area contributed by atoms with Gasteiger partial charge in [-0.25, -0.2) is 0 Å². The molecule has 0 saturated heterocycles. The molecule has 5 heteroatoms. The molecule has 2 nitrogen and oxygen atoms in total. The summed E-state index contributed by atoms with van der Waals surface area (Å²) in [6.45, 7) is -0.134. The number of Topliss-reactive ketones (excluding diaryl/α,β-unsaturated/α-hetero) is 1. The van der Waals surface area contributed by atoms with E-state index in [4.69, 9.17) is 39.5 Å². The first-order valence-electron chi connectivity index (χ1n) is 5.43. The second-order valence-electron chi connectivity index (χ2n) is 3.77. The largest absolute Gasteiger partial charge is 0.484 e. The zero-order valence-corrected chi connectivity index (χ0v) is 12.0. The molecule has 0 amide bonds. The van der Waals surface area contributed by atoms with Crippen molar-refractivity contribution < 1.29 is 9.53 Å². The average Bonchev–Trinajstić information content (AvgIpc) is 2.38. The molecule has 0 spiro atoms. The Balaban J connectivity index is 2.07. The summed E-state index contributed by atoms with van der Waals surface area (Å²) in [6, 6.07) is 11.6. The summed E-state index contributed by atoms with van der Waals surface area (Å²) in [5.41, 5.74) is 0.425. The van der Waals surface area contributed by atoms with Gasteiger partial charge in [0.05, 0.1) is 10.0 Å². The van der Waals surface area contributed by atoms with E-state index in [0.717, 1.165) is 0 Å². The van der Waals surface area contributed by atoms with E-state index in [9.17, 15) is 4.79 Å². The minimum atomic E-state index is -0.211. The van der Waals surface area contributed by atoms with Gasteiger partial charge < -0.3 is 4.74 Å². The molecule has 0 aliphatic heterocycles. The molecule has 0 fully saturated rings. The van der Waals surface area contributed by atoms with Crippen LogP contribution in [0.4, 0.5) is 0 Å². The summed E-state index contributed by atoms with van der Waals surface area (Å²) >= 11 is 17.6. The molecular formula is C14H9Cl3O2. The average molecular weight is 316 g/mol. The van der Waals surface area contributed by atoms with Crippen LogP contribution in [0.15, 0.2) is 42.5 Å². The lowest BCUT2D eigenvalue weighted by molar-refractivity contribution is 0.0922. The summed E-state index contributed by atoms with van der Waals surface area (Å²) in [7, 11) is 0. The number of benzene rings is 2. The maximum atomic E-state index is 11.9. The Morgan fingerprint density at radius 2 is 1.74 bits per heavy atom. The molecule has 0 radical (unpaired) electrons. The molecule has 2 aromatic carbocycles. The van der Waals surface area contributed by atoms with E-state index in [1.54, 1.807) is 42.5 Å². The Bertz CT molecular complexity index is 611. The Hall–Kier alpha value is -1.22.